The monoisotopic (exact) mass is 556 g/mol. The summed E-state index contributed by atoms with van der Waals surface area (Å²) in [7, 11) is -4.05. The quantitative estimate of drug-likeness (QED) is 0.379. The highest BCUT2D eigenvalue weighted by Crippen LogP contribution is 2.33. The van der Waals surface area contributed by atoms with Crippen LogP contribution in [0.3, 0.4) is 0 Å². The standard InChI is InChI=1S/C27H36N6O5S/c1-3-38-22-14-13-19(39(36,37)32-21-12-8-9-15-28-26(21)34)16-20(22)24-30-27(35)23-17(2)29-25(33(23)31-24)18-10-6-4-5-7-11-18/h13-14,16,18,21,32H,3-12,15H2,1-2H3,(H,28,34)(H,30,31,35). The number of nitrogens with one attached hydrogen (secondary N) is 3. The van der Waals surface area contributed by atoms with Crippen molar-refractivity contribution < 1.29 is 17.9 Å². The molecule has 12 heteroatoms. The predicted molar refractivity (Wildman–Crippen MR) is 146 cm³/mol. The Morgan fingerprint density at radius 1 is 1.08 bits per heavy atom. The second-order valence-corrected chi connectivity index (χ2v) is 12.1. The van der Waals surface area contributed by atoms with Gasteiger partial charge in [-0.3, -0.25) is 9.59 Å². The molecule has 3 aromatic rings. The van der Waals surface area contributed by atoms with Crippen LogP contribution in [-0.4, -0.2) is 53.1 Å². The van der Waals surface area contributed by atoms with Crippen LogP contribution in [0.1, 0.15) is 82.1 Å². The molecule has 1 aliphatic carbocycles. The van der Waals surface area contributed by atoms with Gasteiger partial charge in [-0.15, -0.1) is 5.10 Å². The summed E-state index contributed by atoms with van der Waals surface area (Å²) >= 11 is 0. The largest absolute Gasteiger partial charge is 0.493 e. The molecule has 11 nitrogen and oxygen atoms in total. The van der Waals surface area contributed by atoms with E-state index in [4.69, 9.17) is 14.8 Å². The molecule has 2 aliphatic rings. The number of hydrogen-bond acceptors (Lipinski definition) is 7. The zero-order chi connectivity index (χ0) is 27.6. The number of nitrogens with zero attached hydrogens (tertiary/aromatic N) is 3. The number of benzene rings is 1. The predicted octanol–water partition coefficient (Wildman–Crippen LogP) is 3.18. The smallest absolute Gasteiger partial charge is 0.277 e. The Hall–Kier alpha value is -3.25. The van der Waals surface area contributed by atoms with Gasteiger partial charge in [0.1, 0.15) is 17.6 Å². The van der Waals surface area contributed by atoms with Crippen LogP contribution in [0.4, 0.5) is 0 Å². The lowest BCUT2D eigenvalue weighted by Gasteiger charge is -2.17. The van der Waals surface area contributed by atoms with Crippen molar-refractivity contribution >= 4 is 21.4 Å². The van der Waals surface area contributed by atoms with Crippen LogP contribution in [0.5, 0.6) is 5.75 Å². The number of H-pyrrole nitrogens is 1. The minimum absolute atomic E-state index is 0.0495. The van der Waals surface area contributed by atoms with Crippen molar-refractivity contribution in [2.75, 3.05) is 13.2 Å². The molecule has 0 spiro atoms. The molecule has 1 aliphatic heterocycles. The fourth-order valence-corrected chi connectivity index (χ4v) is 6.82. The van der Waals surface area contributed by atoms with Crippen molar-refractivity contribution in [3.05, 3.63) is 40.1 Å². The van der Waals surface area contributed by atoms with E-state index in [1.165, 1.54) is 25.0 Å². The summed E-state index contributed by atoms with van der Waals surface area (Å²) < 4.78 is 36.7. The Labute approximate surface area is 227 Å². The first-order valence-corrected chi connectivity index (χ1v) is 15.3. The first kappa shape index (κ1) is 27.3. The van der Waals surface area contributed by atoms with Crippen molar-refractivity contribution in [1.82, 2.24) is 29.6 Å². The first-order chi connectivity index (χ1) is 18.8. The number of fused-ring (bicyclic) bond motifs is 1. The Morgan fingerprint density at radius 3 is 2.56 bits per heavy atom. The van der Waals surface area contributed by atoms with Gasteiger partial charge in [-0.25, -0.2) is 17.9 Å². The number of carbonyl (C=O) groups is 1. The van der Waals surface area contributed by atoms with E-state index in [1.807, 2.05) is 6.92 Å². The topological polar surface area (TPSA) is 148 Å². The highest BCUT2D eigenvalue weighted by Gasteiger charge is 2.28. The molecule has 1 saturated carbocycles. The number of aromatic amines is 1. The summed E-state index contributed by atoms with van der Waals surface area (Å²) in [5.74, 6) is 1.20. The lowest BCUT2D eigenvalue weighted by molar-refractivity contribution is -0.122. The van der Waals surface area contributed by atoms with Crippen LogP contribution in [0, 0.1) is 6.92 Å². The molecule has 0 bridgehead atoms. The van der Waals surface area contributed by atoms with Crippen LogP contribution in [0.15, 0.2) is 27.9 Å². The third kappa shape index (κ3) is 5.72. The minimum atomic E-state index is -4.05. The van der Waals surface area contributed by atoms with E-state index in [9.17, 15) is 18.0 Å². The van der Waals surface area contributed by atoms with Crippen molar-refractivity contribution in [3.8, 4) is 17.1 Å². The van der Waals surface area contributed by atoms with Gasteiger partial charge in [0.05, 0.1) is 22.8 Å². The van der Waals surface area contributed by atoms with E-state index in [-0.39, 0.29) is 28.1 Å². The second kappa shape index (κ2) is 11.5. The van der Waals surface area contributed by atoms with Gasteiger partial charge in [0.25, 0.3) is 5.56 Å². The van der Waals surface area contributed by atoms with Crippen molar-refractivity contribution in [2.45, 2.75) is 88.5 Å². The molecule has 5 rings (SSSR count). The SMILES string of the molecule is CCOc1ccc(S(=O)(=O)NC2CCCCNC2=O)cc1-c1nn2c(C3CCCCCC3)nc(C)c2c(=O)[nH]1. The van der Waals surface area contributed by atoms with Gasteiger partial charge in [0.15, 0.2) is 11.3 Å². The Balaban J connectivity index is 1.58. The van der Waals surface area contributed by atoms with Crippen molar-refractivity contribution in [2.24, 2.45) is 0 Å². The number of amides is 1. The van der Waals surface area contributed by atoms with E-state index in [0.717, 1.165) is 44.3 Å². The summed E-state index contributed by atoms with van der Waals surface area (Å²) in [4.78, 5) is 33.2. The third-order valence-electron chi connectivity index (χ3n) is 7.57. The fraction of sp³-hybridized carbons (Fsp3) is 0.556. The highest BCUT2D eigenvalue weighted by molar-refractivity contribution is 7.89. The number of imidazole rings is 1. The number of hydrogen-bond donors (Lipinski definition) is 3. The number of ether oxygens (including phenoxy) is 1. The molecule has 3 heterocycles. The molecule has 2 aromatic heterocycles. The summed E-state index contributed by atoms with van der Waals surface area (Å²) in [5.41, 5.74) is 0.985. The molecule has 210 valence electrons. The maximum Gasteiger partial charge on any atom is 0.277 e. The van der Waals surface area contributed by atoms with Gasteiger partial charge in [-0.05, 0) is 64.2 Å². The maximum absolute atomic E-state index is 13.3. The maximum atomic E-state index is 13.3. The molecule has 1 amide bonds. The van der Waals surface area contributed by atoms with Gasteiger partial charge < -0.3 is 15.0 Å². The fourth-order valence-electron chi connectivity index (χ4n) is 5.57. The summed E-state index contributed by atoms with van der Waals surface area (Å²) in [6.45, 7) is 4.50. The summed E-state index contributed by atoms with van der Waals surface area (Å²) in [5, 5.41) is 7.53. The normalized spacial score (nSPS) is 19.4. The Kier molecular flexibility index (Phi) is 8.03. The van der Waals surface area contributed by atoms with Gasteiger partial charge in [-0.2, -0.15) is 4.72 Å². The molecular weight excluding hydrogens is 520 g/mol. The van der Waals surface area contributed by atoms with E-state index in [1.54, 1.807) is 17.5 Å². The van der Waals surface area contributed by atoms with Gasteiger partial charge >= 0.3 is 0 Å². The summed E-state index contributed by atoms with van der Waals surface area (Å²) in [6, 6.07) is 3.57. The van der Waals surface area contributed by atoms with Gasteiger partial charge in [-0.1, -0.05) is 25.7 Å². The number of rotatable bonds is 7. The number of aromatic nitrogens is 4. The average Bonchev–Trinajstić information content (AvgIpc) is 3.08. The molecular formula is C27H36N6O5S. The summed E-state index contributed by atoms with van der Waals surface area (Å²) in [6.07, 6.45) is 8.52. The first-order valence-electron chi connectivity index (χ1n) is 13.9. The molecule has 0 radical (unpaired) electrons. The van der Waals surface area contributed by atoms with Crippen LogP contribution in [0.25, 0.3) is 16.9 Å². The average molecular weight is 557 g/mol. The molecule has 1 saturated heterocycles. The molecule has 3 N–H and O–H groups in total. The van der Waals surface area contributed by atoms with Crippen molar-refractivity contribution in [1.29, 1.82) is 0 Å². The second-order valence-electron chi connectivity index (χ2n) is 10.4. The molecule has 1 atom stereocenters. The van der Waals surface area contributed by atoms with Crippen LogP contribution in [0.2, 0.25) is 0 Å². The number of aryl methyl sites for hydroxylation is 1. The zero-order valence-electron chi connectivity index (χ0n) is 22.5. The van der Waals surface area contributed by atoms with E-state index < -0.39 is 16.1 Å². The van der Waals surface area contributed by atoms with Gasteiger partial charge in [0, 0.05) is 12.5 Å². The Morgan fingerprint density at radius 2 is 1.82 bits per heavy atom. The van der Waals surface area contributed by atoms with Crippen molar-refractivity contribution in [3.63, 3.8) is 0 Å². The zero-order valence-corrected chi connectivity index (χ0v) is 23.3. The molecule has 2 fully saturated rings. The van der Waals surface area contributed by atoms with Crippen LogP contribution in [-0.2, 0) is 14.8 Å². The molecule has 39 heavy (non-hydrogen) atoms. The van der Waals surface area contributed by atoms with Crippen LogP contribution >= 0.6 is 0 Å². The van der Waals surface area contributed by atoms with E-state index in [0.29, 0.717) is 42.1 Å². The lowest BCUT2D eigenvalue weighted by Crippen LogP contribution is -2.45. The number of carbonyl (C=O) groups excluding carboxylic acids is 1. The number of sulfonamides is 1. The van der Waals surface area contributed by atoms with Gasteiger partial charge in [0.2, 0.25) is 15.9 Å². The Bertz CT molecular complexity index is 1520. The van der Waals surface area contributed by atoms with E-state index in [2.05, 4.69) is 15.0 Å². The minimum Gasteiger partial charge on any atom is -0.493 e. The van der Waals surface area contributed by atoms with E-state index >= 15 is 0 Å². The highest BCUT2D eigenvalue weighted by atomic mass is 32.2. The lowest BCUT2D eigenvalue weighted by atomic mass is 10.00. The molecule has 1 unspecified atom stereocenters. The van der Waals surface area contributed by atoms with Crippen LogP contribution < -0.4 is 20.3 Å². The third-order valence-corrected chi connectivity index (χ3v) is 9.04. The molecule has 1 aromatic carbocycles.